The first-order valence-electron chi connectivity index (χ1n) is 11.8. The van der Waals surface area contributed by atoms with Gasteiger partial charge in [-0.25, -0.2) is 14.4 Å². The number of carbonyl (C=O) groups excluding carboxylic acids is 4. The lowest BCUT2D eigenvalue weighted by Gasteiger charge is -2.33. The van der Waals surface area contributed by atoms with Crippen molar-refractivity contribution in [3.05, 3.63) is 35.9 Å². The van der Waals surface area contributed by atoms with E-state index in [0.717, 1.165) is 5.56 Å². The fraction of sp³-hybridized carbons (Fsp3) is 0.600. The molecule has 0 aromatic heterocycles. The molecule has 0 bridgehead atoms. The molecule has 0 saturated heterocycles. The van der Waals surface area contributed by atoms with Crippen LogP contribution in [0, 0.1) is 5.92 Å². The molecule has 1 aromatic carbocycles. The van der Waals surface area contributed by atoms with Crippen LogP contribution in [0.1, 0.15) is 52.0 Å². The van der Waals surface area contributed by atoms with Gasteiger partial charge in [-0.1, -0.05) is 30.3 Å². The van der Waals surface area contributed by atoms with Crippen molar-refractivity contribution in [1.82, 2.24) is 15.5 Å². The highest BCUT2D eigenvalue weighted by atomic mass is 16.6. The molecule has 1 unspecified atom stereocenters. The van der Waals surface area contributed by atoms with Crippen molar-refractivity contribution >= 4 is 24.1 Å². The zero-order valence-corrected chi connectivity index (χ0v) is 21.2. The first kappa shape index (κ1) is 27.9. The summed E-state index contributed by atoms with van der Waals surface area (Å²) >= 11 is 0. The quantitative estimate of drug-likeness (QED) is 0.423. The van der Waals surface area contributed by atoms with Gasteiger partial charge in [0, 0.05) is 13.1 Å². The summed E-state index contributed by atoms with van der Waals surface area (Å²) in [7, 11) is 2.78. The molecule has 1 atom stereocenters. The summed E-state index contributed by atoms with van der Waals surface area (Å²) in [6, 6.07) is 8.38. The number of hydrogen-bond donors (Lipinski definition) is 2. The Morgan fingerprint density at radius 2 is 1.69 bits per heavy atom. The Kier molecular flexibility index (Phi) is 10.4. The molecule has 194 valence electrons. The topological polar surface area (TPSA) is 123 Å². The van der Waals surface area contributed by atoms with E-state index in [4.69, 9.17) is 14.2 Å². The second-order valence-corrected chi connectivity index (χ2v) is 9.72. The normalized spacial score (nSPS) is 18.5. The van der Waals surface area contributed by atoms with E-state index in [1.165, 1.54) is 19.1 Å². The van der Waals surface area contributed by atoms with Crippen LogP contribution in [0.15, 0.2) is 30.3 Å². The van der Waals surface area contributed by atoms with Gasteiger partial charge >= 0.3 is 18.2 Å². The summed E-state index contributed by atoms with van der Waals surface area (Å²) in [6.45, 7) is 5.24. The summed E-state index contributed by atoms with van der Waals surface area (Å²) in [4.78, 5) is 50.3. The molecule has 1 aliphatic carbocycles. The number of rotatable bonds is 8. The second kappa shape index (κ2) is 13.0. The fourth-order valence-electron chi connectivity index (χ4n) is 3.91. The molecule has 10 nitrogen and oxygen atoms in total. The predicted molar refractivity (Wildman–Crippen MR) is 128 cm³/mol. The van der Waals surface area contributed by atoms with Crippen LogP contribution >= 0.6 is 0 Å². The molecule has 3 amide bonds. The summed E-state index contributed by atoms with van der Waals surface area (Å²) < 4.78 is 15.4. The van der Waals surface area contributed by atoms with Gasteiger partial charge in [0.25, 0.3) is 0 Å². The molecule has 2 rings (SSSR count). The highest BCUT2D eigenvalue weighted by Gasteiger charge is 2.35. The van der Waals surface area contributed by atoms with E-state index in [1.54, 1.807) is 20.8 Å². The van der Waals surface area contributed by atoms with Crippen LogP contribution in [0.25, 0.3) is 0 Å². The molecule has 1 saturated carbocycles. The van der Waals surface area contributed by atoms with Gasteiger partial charge in [0.2, 0.25) is 5.91 Å². The molecule has 0 spiro atoms. The van der Waals surface area contributed by atoms with E-state index in [-0.39, 0.29) is 31.0 Å². The first-order chi connectivity index (χ1) is 16.5. The summed E-state index contributed by atoms with van der Waals surface area (Å²) in [5.74, 6) is -0.957. The highest BCUT2D eigenvalue weighted by Crippen LogP contribution is 2.28. The second-order valence-electron chi connectivity index (χ2n) is 9.72. The number of hydrogen-bond acceptors (Lipinski definition) is 7. The van der Waals surface area contributed by atoms with E-state index in [2.05, 4.69) is 10.6 Å². The largest absolute Gasteiger partial charge is 0.467 e. The maximum Gasteiger partial charge on any atom is 0.410 e. The van der Waals surface area contributed by atoms with Crippen molar-refractivity contribution in [2.24, 2.45) is 5.92 Å². The number of alkyl carbamates (subject to hydrolysis) is 1. The Labute approximate surface area is 206 Å². The zero-order chi connectivity index (χ0) is 26.0. The van der Waals surface area contributed by atoms with Crippen molar-refractivity contribution in [2.45, 2.75) is 70.7 Å². The van der Waals surface area contributed by atoms with Gasteiger partial charge in [-0.2, -0.15) is 0 Å². The third-order valence-electron chi connectivity index (χ3n) is 5.63. The Hall–Kier alpha value is -3.30. The van der Waals surface area contributed by atoms with Crippen molar-refractivity contribution in [3.8, 4) is 0 Å². The molecule has 1 aliphatic rings. The molecule has 2 N–H and O–H groups in total. The molecule has 1 aromatic rings. The van der Waals surface area contributed by atoms with Crippen molar-refractivity contribution in [3.63, 3.8) is 0 Å². The minimum Gasteiger partial charge on any atom is -0.467 e. The van der Waals surface area contributed by atoms with Crippen LogP contribution in [-0.2, 0) is 30.4 Å². The Balaban J connectivity index is 1.78. The standard InChI is InChI=1S/C25H37N3O7/c1-25(2,3)35-23(31)27-21(22(30)33-5)18-11-13-19(14-12-18)26-20(29)15-28(4)24(32)34-16-17-9-7-6-8-10-17/h6-10,18-19,21H,11-16H2,1-5H3,(H,26,29)(H,27,31). The Morgan fingerprint density at radius 3 is 2.26 bits per heavy atom. The SMILES string of the molecule is COC(=O)C(NC(=O)OC(C)(C)C)C1CCC(NC(=O)CN(C)C(=O)OCc2ccccc2)CC1. The molecule has 35 heavy (non-hydrogen) atoms. The van der Waals surface area contributed by atoms with E-state index >= 15 is 0 Å². The van der Waals surface area contributed by atoms with Gasteiger partial charge in [0.15, 0.2) is 0 Å². The summed E-state index contributed by atoms with van der Waals surface area (Å²) in [6.07, 6.45) is 1.21. The maximum atomic E-state index is 12.4. The fourth-order valence-corrected chi connectivity index (χ4v) is 3.91. The Bertz CT molecular complexity index is 862. The van der Waals surface area contributed by atoms with Crippen molar-refractivity contribution in [1.29, 1.82) is 0 Å². The average Bonchev–Trinajstić information content (AvgIpc) is 2.80. The highest BCUT2D eigenvalue weighted by molar-refractivity contribution is 5.83. The van der Waals surface area contributed by atoms with E-state index in [0.29, 0.717) is 25.7 Å². The molecule has 10 heteroatoms. The monoisotopic (exact) mass is 491 g/mol. The number of nitrogens with one attached hydrogen (secondary N) is 2. The van der Waals surface area contributed by atoms with Crippen LogP contribution in [-0.4, -0.2) is 67.3 Å². The number of nitrogens with zero attached hydrogens (tertiary/aromatic N) is 1. The summed E-state index contributed by atoms with van der Waals surface area (Å²) in [5, 5.41) is 5.57. The molecule has 0 heterocycles. The molecule has 0 aliphatic heterocycles. The number of methoxy groups -OCH3 is 1. The van der Waals surface area contributed by atoms with E-state index in [9.17, 15) is 19.2 Å². The number of esters is 1. The molecule has 1 fully saturated rings. The van der Waals surface area contributed by atoms with Crippen LogP contribution in [0.2, 0.25) is 0 Å². The number of amides is 3. The third-order valence-corrected chi connectivity index (χ3v) is 5.63. The van der Waals surface area contributed by atoms with E-state index < -0.39 is 29.8 Å². The lowest BCUT2D eigenvalue weighted by molar-refractivity contribution is -0.145. The van der Waals surface area contributed by atoms with Crippen LogP contribution in [0.3, 0.4) is 0 Å². The third kappa shape index (κ3) is 9.84. The van der Waals surface area contributed by atoms with Crippen LogP contribution in [0.5, 0.6) is 0 Å². The smallest absolute Gasteiger partial charge is 0.410 e. The van der Waals surface area contributed by atoms with Gasteiger partial charge in [-0.3, -0.25) is 4.79 Å². The van der Waals surface area contributed by atoms with Gasteiger partial charge in [-0.05, 0) is 57.9 Å². The van der Waals surface area contributed by atoms with Gasteiger partial charge in [-0.15, -0.1) is 0 Å². The van der Waals surface area contributed by atoms with Gasteiger partial charge in [0.1, 0.15) is 24.8 Å². The maximum absolute atomic E-state index is 12.4. The number of benzene rings is 1. The number of carbonyl (C=O) groups is 4. The predicted octanol–water partition coefficient (Wildman–Crippen LogP) is 3.00. The molecule has 0 radical (unpaired) electrons. The minimum absolute atomic E-state index is 0.0905. The Morgan fingerprint density at radius 1 is 1.06 bits per heavy atom. The molecular weight excluding hydrogens is 454 g/mol. The minimum atomic E-state index is -0.822. The number of likely N-dealkylation sites (N-methyl/N-ethyl adjacent to an activating group) is 1. The first-order valence-corrected chi connectivity index (χ1v) is 11.8. The number of ether oxygens (including phenoxy) is 3. The lowest BCUT2D eigenvalue weighted by Crippen LogP contribution is -2.50. The average molecular weight is 492 g/mol. The van der Waals surface area contributed by atoms with Gasteiger partial charge < -0.3 is 29.7 Å². The lowest BCUT2D eigenvalue weighted by atomic mass is 9.81. The van der Waals surface area contributed by atoms with E-state index in [1.807, 2.05) is 30.3 Å². The molecular formula is C25H37N3O7. The zero-order valence-electron chi connectivity index (χ0n) is 21.2. The van der Waals surface area contributed by atoms with Crippen molar-refractivity contribution in [2.75, 3.05) is 20.7 Å². The van der Waals surface area contributed by atoms with Crippen LogP contribution < -0.4 is 10.6 Å². The van der Waals surface area contributed by atoms with Crippen LogP contribution in [0.4, 0.5) is 9.59 Å². The van der Waals surface area contributed by atoms with Crippen molar-refractivity contribution < 1.29 is 33.4 Å². The summed E-state index contributed by atoms with van der Waals surface area (Å²) in [5.41, 5.74) is 0.176. The van der Waals surface area contributed by atoms with Gasteiger partial charge in [0.05, 0.1) is 7.11 Å².